The van der Waals surface area contributed by atoms with Crippen LogP contribution in [-0.4, -0.2) is 17.6 Å². The smallest absolute Gasteiger partial charge is 0.250 e. The van der Waals surface area contributed by atoms with Gasteiger partial charge in [0.25, 0.3) is 0 Å². The van der Waals surface area contributed by atoms with Crippen molar-refractivity contribution in [2.45, 2.75) is 6.92 Å². The van der Waals surface area contributed by atoms with Gasteiger partial charge in [-0.1, -0.05) is 48.5 Å². The molecule has 0 atom stereocenters. The number of anilines is 1. The number of carbonyl (C=O) groups excluding carboxylic acids is 1. The first-order valence-corrected chi connectivity index (χ1v) is 7.52. The lowest BCUT2D eigenvalue weighted by atomic mass is 10.2. The normalized spacial score (nSPS) is 10.4. The molecular formula is C18H18N2OS. The zero-order chi connectivity index (χ0) is 15.8. The Morgan fingerprint density at radius 3 is 2.27 bits per heavy atom. The molecule has 0 bridgehead atoms. The fraction of sp³-hybridized carbons (Fsp3) is 0.111. The van der Waals surface area contributed by atoms with E-state index in [2.05, 4.69) is 5.32 Å². The summed E-state index contributed by atoms with van der Waals surface area (Å²) in [5, 5.41) is 3.13. The third-order valence-electron chi connectivity index (χ3n) is 3.09. The maximum atomic E-state index is 12.0. The van der Waals surface area contributed by atoms with Gasteiger partial charge in [0.2, 0.25) is 5.91 Å². The molecule has 2 rings (SSSR count). The van der Waals surface area contributed by atoms with Crippen LogP contribution in [0.25, 0.3) is 6.08 Å². The van der Waals surface area contributed by atoms with Crippen LogP contribution < -0.4 is 10.2 Å². The molecule has 22 heavy (non-hydrogen) atoms. The number of rotatable bonds is 4. The fourth-order valence-corrected chi connectivity index (χ4v) is 2.34. The first-order chi connectivity index (χ1) is 10.7. The van der Waals surface area contributed by atoms with Gasteiger partial charge in [0.05, 0.1) is 0 Å². The molecule has 0 heterocycles. The molecule has 3 nitrogen and oxygen atoms in total. The van der Waals surface area contributed by atoms with Gasteiger partial charge in [0, 0.05) is 18.3 Å². The minimum atomic E-state index is -0.233. The molecule has 0 radical (unpaired) electrons. The van der Waals surface area contributed by atoms with E-state index >= 15 is 0 Å². The minimum absolute atomic E-state index is 0.233. The Bertz CT molecular complexity index is 653. The second kappa shape index (κ2) is 8.10. The van der Waals surface area contributed by atoms with Crippen molar-refractivity contribution in [3.05, 3.63) is 72.3 Å². The molecule has 0 aliphatic heterocycles. The molecule has 0 unspecified atom stereocenters. The summed E-state index contributed by atoms with van der Waals surface area (Å²) in [7, 11) is 0. The van der Waals surface area contributed by atoms with Crippen LogP contribution in [0.5, 0.6) is 0 Å². The van der Waals surface area contributed by atoms with Gasteiger partial charge in [-0.2, -0.15) is 0 Å². The molecule has 0 spiro atoms. The second-order valence-corrected chi connectivity index (χ2v) is 5.00. The molecule has 0 aliphatic rings. The molecule has 0 aromatic heterocycles. The monoisotopic (exact) mass is 310 g/mol. The van der Waals surface area contributed by atoms with Crippen LogP contribution in [0.15, 0.2) is 66.7 Å². The average Bonchev–Trinajstić information content (AvgIpc) is 2.55. The van der Waals surface area contributed by atoms with E-state index in [1.807, 2.05) is 72.5 Å². The lowest BCUT2D eigenvalue weighted by Gasteiger charge is -2.23. The van der Waals surface area contributed by atoms with Crippen LogP contribution >= 0.6 is 12.2 Å². The number of hydrogen-bond donors (Lipinski definition) is 1. The molecule has 1 amide bonds. The number of amides is 1. The third-order valence-corrected chi connectivity index (χ3v) is 3.41. The van der Waals surface area contributed by atoms with Gasteiger partial charge < -0.3 is 4.90 Å². The van der Waals surface area contributed by atoms with Crippen LogP contribution in [0.2, 0.25) is 0 Å². The van der Waals surface area contributed by atoms with E-state index in [4.69, 9.17) is 12.2 Å². The Hall–Kier alpha value is -2.46. The largest absolute Gasteiger partial charge is 0.319 e. The minimum Gasteiger partial charge on any atom is -0.319 e. The van der Waals surface area contributed by atoms with Crippen LogP contribution in [0.3, 0.4) is 0 Å². The Morgan fingerprint density at radius 1 is 1.09 bits per heavy atom. The van der Waals surface area contributed by atoms with Gasteiger partial charge in [-0.3, -0.25) is 10.1 Å². The number of benzene rings is 2. The van der Waals surface area contributed by atoms with Crippen LogP contribution in [-0.2, 0) is 4.79 Å². The highest BCUT2D eigenvalue weighted by Crippen LogP contribution is 2.12. The molecule has 2 aromatic rings. The van der Waals surface area contributed by atoms with Crippen molar-refractivity contribution in [2.75, 3.05) is 11.4 Å². The Labute approximate surface area is 136 Å². The quantitative estimate of drug-likeness (QED) is 0.691. The van der Waals surface area contributed by atoms with Crippen molar-refractivity contribution < 1.29 is 4.79 Å². The van der Waals surface area contributed by atoms with Gasteiger partial charge in [-0.05, 0) is 42.9 Å². The Balaban J connectivity index is 1.98. The fourth-order valence-electron chi connectivity index (χ4n) is 2.00. The molecule has 112 valence electrons. The molecule has 0 saturated carbocycles. The maximum Gasteiger partial charge on any atom is 0.250 e. The summed E-state index contributed by atoms with van der Waals surface area (Å²) in [6, 6.07) is 19.4. The summed E-state index contributed by atoms with van der Waals surface area (Å²) >= 11 is 5.32. The van der Waals surface area contributed by atoms with E-state index < -0.39 is 0 Å². The molecule has 0 saturated heterocycles. The highest BCUT2D eigenvalue weighted by molar-refractivity contribution is 7.80. The first kappa shape index (κ1) is 15.9. The van der Waals surface area contributed by atoms with Gasteiger partial charge >= 0.3 is 0 Å². The molecule has 2 aromatic carbocycles. The van der Waals surface area contributed by atoms with E-state index in [1.165, 1.54) is 6.08 Å². The maximum absolute atomic E-state index is 12.0. The van der Waals surface area contributed by atoms with E-state index in [0.29, 0.717) is 11.7 Å². The number of carbonyl (C=O) groups is 1. The summed E-state index contributed by atoms with van der Waals surface area (Å²) in [4.78, 5) is 13.8. The average molecular weight is 310 g/mol. The van der Waals surface area contributed by atoms with Gasteiger partial charge in [0.15, 0.2) is 5.11 Å². The van der Waals surface area contributed by atoms with E-state index in [1.54, 1.807) is 6.08 Å². The van der Waals surface area contributed by atoms with E-state index in [-0.39, 0.29) is 5.91 Å². The molecule has 0 fully saturated rings. The Kier molecular flexibility index (Phi) is 5.86. The van der Waals surface area contributed by atoms with Crippen LogP contribution in [0.1, 0.15) is 12.5 Å². The number of hydrogen-bond acceptors (Lipinski definition) is 2. The predicted molar refractivity (Wildman–Crippen MR) is 95.7 cm³/mol. The van der Waals surface area contributed by atoms with Crippen molar-refractivity contribution >= 4 is 35.0 Å². The lowest BCUT2D eigenvalue weighted by molar-refractivity contribution is -0.115. The standard InChI is InChI=1S/C18H18N2OS/c1-2-20(16-11-7-4-8-12-16)18(22)19-17(21)14-13-15-9-5-3-6-10-15/h3-14H,2H2,1H3,(H,19,21,22). The molecule has 4 heteroatoms. The molecule has 1 N–H and O–H groups in total. The van der Waals surface area contributed by atoms with Gasteiger partial charge in [0.1, 0.15) is 0 Å². The molecular weight excluding hydrogens is 292 g/mol. The third kappa shape index (κ3) is 4.53. The van der Waals surface area contributed by atoms with E-state index in [0.717, 1.165) is 11.3 Å². The summed E-state index contributed by atoms with van der Waals surface area (Å²) in [6.07, 6.45) is 3.25. The summed E-state index contributed by atoms with van der Waals surface area (Å²) in [5.41, 5.74) is 1.93. The summed E-state index contributed by atoms with van der Waals surface area (Å²) in [6.45, 7) is 2.68. The zero-order valence-corrected chi connectivity index (χ0v) is 13.2. The highest BCUT2D eigenvalue weighted by atomic mass is 32.1. The second-order valence-electron chi connectivity index (χ2n) is 4.62. The van der Waals surface area contributed by atoms with Crippen molar-refractivity contribution in [2.24, 2.45) is 0 Å². The summed E-state index contributed by atoms with van der Waals surface area (Å²) in [5.74, 6) is -0.233. The van der Waals surface area contributed by atoms with Crippen molar-refractivity contribution in [3.8, 4) is 0 Å². The lowest BCUT2D eigenvalue weighted by Crippen LogP contribution is -2.42. The van der Waals surface area contributed by atoms with Crippen molar-refractivity contribution in [1.29, 1.82) is 0 Å². The predicted octanol–water partition coefficient (Wildman–Crippen LogP) is 3.63. The topological polar surface area (TPSA) is 32.3 Å². The van der Waals surface area contributed by atoms with Crippen LogP contribution in [0.4, 0.5) is 5.69 Å². The highest BCUT2D eigenvalue weighted by Gasteiger charge is 2.11. The van der Waals surface area contributed by atoms with E-state index in [9.17, 15) is 4.79 Å². The van der Waals surface area contributed by atoms with Gasteiger partial charge in [-0.25, -0.2) is 0 Å². The zero-order valence-electron chi connectivity index (χ0n) is 12.4. The van der Waals surface area contributed by atoms with Crippen LogP contribution in [0, 0.1) is 0 Å². The number of nitrogens with zero attached hydrogens (tertiary/aromatic N) is 1. The number of nitrogens with one attached hydrogen (secondary N) is 1. The van der Waals surface area contributed by atoms with Crippen molar-refractivity contribution in [3.63, 3.8) is 0 Å². The van der Waals surface area contributed by atoms with Crippen molar-refractivity contribution in [1.82, 2.24) is 5.32 Å². The summed E-state index contributed by atoms with van der Waals surface area (Å²) < 4.78 is 0. The molecule has 0 aliphatic carbocycles. The first-order valence-electron chi connectivity index (χ1n) is 7.11. The Morgan fingerprint density at radius 2 is 1.68 bits per heavy atom. The SMILES string of the molecule is CCN(C(=S)NC(=O)C=Cc1ccccc1)c1ccccc1. The van der Waals surface area contributed by atoms with Gasteiger partial charge in [-0.15, -0.1) is 0 Å². The number of para-hydroxylation sites is 1. The number of thiocarbonyl (C=S) groups is 1.